The van der Waals surface area contributed by atoms with Crippen LogP contribution in [0.25, 0.3) is 0 Å². The van der Waals surface area contributed by atoms with E-state index in [0.717, 1.165) is 43.4 Å². The van der Waals surface area contributed by atoms with E-state index in [2.05, 4.69) is 12.2 Å². The monoisotopic (exact) mass is 264 g/mol. The summed E-state index contributed by atoms with van der Waals surface area (Å²) in [5.74, 6) is 2.78. The van der Waals surface area contributed by atoms with Gasteiger partial charge in [0.05, 0.1) is 5.41 Å². The van der Waals surface area contributed by atoms with Gasteiger partial charge in [-0.1, -0.05) is 19.3 Å². The molecule has 0 aliphatic heterocycles. The van der Waals surface area contributed by atoms with Crippen molar-refractivity contribution in [3.8, 4) is 0 Å². The Bertz CT molecular complexity index is 349. The van der Waals surface area contributed by atoms with E-state index in [1.165, 1.54) is 25.7 Å². The molecular formula is C16H28N2O. The molecule has 3 aliphatic rings. The summed E-state index contributed by atoms with van der Waals surface area (Å²) in [6.45, 7) is 2.73. The van der Waals surface area contributed by atoms with E-state index >= 15 is 0 Å². The van der Waals surface area contributed by atoms with Gasteiger partial charge >= 0.3 is 0 Å². The molecule has 0 spiro atoms. The van der Waals surface area contributed by atoms with Crippen molar-refractivity contribution in [1.82, 2.24) is 5.32 Å². The Morgan fingerprint density at radius 3 is 2.58 bits per heavy atom. The first-order chi connectivity index (χ1) is 9.14. The van der Waals surface area contributed by atoms with E-state index in [9.17, 15) is 4.79 Å². The lowest BCUT2D eigenvalue weighted by atomic mass is 9.81. The van der Waals surface area contributed by atoms with Crippen LogP contribution in [-0.4, -0.2) is 18.5 Å². The molecule has 2 bridgehead atoms. The Morgan fingerprint density at radius 1 is 1.32 bits per heavy atom. The Kier molecular flexibility index (Phi) is 3.59. The van der Waals surface area contributed by atoms with Crippen molar-refractivity contribution >= 4 is 5.91 Å². The summed E-state index contributed by atoms with van der Waals surface area (Å²) < 4.78 is 0. The predicted octanol–water partition coefficient (Wildman–Crippen LogP) is 2.45. The molecule has 0 heterocycles. The summed E-state index contributed by atoms with van der Waals surface area (Å²) in [7, 11) is 0. The van der Waals surface area contributed by atoms with E-state index in [1.807, 2.05) is 0 Å². The fourth-order valence-electron chi connectivity index (χ4n) is 4.95. The van der Waals surface area contributed by atoms with E-state index in [-0.39, 0.29) is 11.3 Å². The first-order valence-corrected chi connectivity index (χ1v) is 8.16. The molecule has 4 atom stereocenters. The molecule has 3 nitrogen and oxygen atoms in total. The van der Waals surface area contributed by atoms with Crippen LogP contribution in [0, 0.1) is 23.2 Å². The molecule has 19 heavy (non-hydrogen) atoms. The van der Waals surface area contributed by atoms with Gasteiger partial charge in [-0.15, -0.1) is 0 Å². The highest BCUT2D eigenvalue weighted by atomic mass is 16.2. The fourth-order valence-corrected chi connectivity index (χ4v) is 4.95. The van der Waals surface area contributed by atoms with Gasteiger partial charge in [-0.3, -0.25) is 4.79 Å². The third kappa shape index (κ3) is 2.31. The zero-order chi connectivity index (χ0) is 13.5. The van der Waals surface area contributed by atoms with E-state index in [4.69, 9.17) is 5.73 Å². The maximum atomic E-state index is 12.6. The van der Waals surface area contributed by atoms with Gasteiger partial charge in [-0.05, 0) is 56.8 Å². The number of hydrogen-bond acceptors (Lipinski definition) is 2. The average molecular weight is 264 g/mol. The number of amides is 1. The van der Waals surface area contributed by atoms with Crippen molar-refractivity contribution < 1.29 is 4.79 Å². The smallest absolute Gasteiger partial charge is 0.227 e. The molecule has 0 saturated heterocycles. The summed E-state index contributed by atoms with van der Waals surface area (Å²) in [5.41, 5.74) is 5.65. The molecule has 0 aromatic rings. The predicted molar refractivity (Wildman–Crippen MR) is 76.5 cm³/mol. The van der Waals surface area contributed by atoms with Crippen LogP contribution >= 0.6 is 0 Å². The number of nitrogens with one attached hydrogen (secondary N) is 1. The second-order valence-corrected chi connectivity index (χ2v) is 7.29. The van der Waals surface area contributed by atoms with Crippen LogP contribution in [-0.2, 0) is 4.79 Å². The molecule has 0 aromatic heterocycles. The zero-order valence-corrected chi connectivity index (χ0v) is 12.2. The van der Waals surface area contributed by atoms with Crippen molar-refractivity contribution in [3.63, 3.8) is 0 Å². The highest BCUT2D eigenvalue weighted by Gasteiger charge is 2.44. The molecule has 4 unspecified atom stereocenters. The summed E-state index contributed by atoms with van der Waals surface area (Å²) in [4.78, 5) is 12.6. The molecular weight excluding hydrogens is 236 g/mol. The quantitative estimate of drug-likeness (QED) is 0.819. The fraction of sp³-hybridized carbons (Fsp3) is 0.938. The Morgan fingerprint density at radius 2 is 2.05 bits per heavy atom. The van der Waals surface area contributed by atoms with Crippen LogP contribution in [0.5, 0.6) is 0 Å². The van der Waals surface area contributed by atoms with Gasteiger partial charge in [0, 0.05) is 12.6 Å². The van der Waals surface area contributed by atoms with Crippen LogP contribution in [0.15, 0.2) is 0 Å². The lowest BCUT2D eigenvalue weighted by Crippen LogP contribution is -2.49. The second kappa shape index (κ2) is 5.08. The maximum Gasteiger partial charge on any atom is 0.227 e. The van der Waals surface area contributed by atoms with E-state index < -0.39 is 0 Å². The first kappa shape index (κ1) is 13.4. The largest absolute Gasteiger partial charge is 0.353 e. The summed E-state index contributed by atoms with van der Waals surface area (Å²) in [6.07, 6.45) is 9.85. The van der Waals surface area contributed by atoms with Crippen LogP contribution in [0.2, 0.25) is 0 Å². The number of carbonyl (C=O) groups is 1. The highest BCUT2D eigenvalue weighted by molar-refractivity contribution is 5.83. The van der Waals surface area contributed by atoms with Crippen LogP contribution in [0.1, 0.15) is 58.3 Å². The van der Waals surface area contributed by atoms with Gasteiger partial charge in [0.15, 0.2) is 0 Å². The molecule has 0 radical (unpaired) electrons. The molecule has 108 valence electrons. The van der Waals surface area contributed by atoms with Gasteiger partial charge in [0.2, 0.25) is 5.91 Å². The van der Waals surface area contributed by atoms with Gasteiger partial charge < -0.3 is 11.1 Å². The first-order valence-electron chi connectivity index (χ1n) is 8.16. The number of rotatable bonds is 4. The van der Waals surface area contributed by atoms with E-state index in [1.54, 1.807) is 0 Å². The van der Waals surface area contributed by atoms with Crippen LogP contribution in [0.4, 0.5) is 0 Å². The molecule has 0 aromatic carbocycles. The third-order valence-electron chi connectivity index (χ3n) is 6.23. The molecule has 1 amide bonds. The second-order valence-electron chi connectivity index (χ2n) is 7.29. The SMILES string of the molecule is CC(NC(=O)C1(CN)CCCC1)C1CC2CCC1C2. The maximum absolute atomic E-state index is 12.6. The van der Waals surface area contributed by atoms with E-state index in [0.29, 0.717) is 12.6 Å². The van der Waals surface area contributed by atoms with Crippen molar-refractivity contribution in [3.05, 3.63) is 0 Å². The average Bonchev–Trinajstić information content (AvgIpc) is 3.14. The van der Waals surface area contributed by atoms with Gasteiger partial charge in [-0.25, -0.2) is 0 Å². The Balaban J connectivity index is 1.60. The molecule has 3 aliphatic carbocycles. The lowest BCUT2D eigenvalue weighted by molar-refractivity contribution is -0.131. The minimum Gasteiger partial charge on any atom is -0.353 e. The topological polar surface area (TPSA) is 55.1 Å². The van der Waals surface area contributed by atoms with Crippen molar-refractivity contribution in [1.29, 1.82) is 0 Å². The highest BCUT2D eigenvalue weighted by Crippen LogP contribution is 2.49. The van der Waals surface area contributed by atoms with Crippen LogP contribution < -0.4 is 11.1 Å². The van der Waals surface area contributed by atoms with Crippen LogP contribution in [0.3, 0.4) is 0 Å². The number of carbonyl (C=O) groups excluding carboxylic acids is 1. The third-order valence-corrected chi connectivity index (χ3v) is 6.23. The molecule has 3 fully saturated rings. The number of fused-ring (bicyclic) bond motifs is 2. The van der Waals surface area contributed by atoms with Gasteiger partial charge in [0.1, 0.15) is 0 Å². The summed E-state index contributed by atoms with van der Waals surface area (Å²) in [5, 5.41) is 3.32. The molecule has 3 heteroatoms. The number of nitrogens with two attached hydrogens (primary N) is 1. The normalized spacial score (nSPS) is 37.5. The molecule has 3 N–H and O–H groups in total. The standard InChI is InChI=1S/C16H28N2O/c1-11(14-9-12-4-5-13(14)8-12)18-15(19)16(10-17)6-2-3-7-16/h11-14H,2-10,17H2,1H3,(H,18,19). The lowest BCUT2D eigenvalue weighted by Gasteiger charge is -2.33. The van der Waals surface area contributed by atoms with Crippen molar-refractivity contribution in [2.45, 2.75) is 64.3 Å². The minimum atomic E-state index is -0.244. The minimum absolute atomic E-state index is 0.239. The van der Waals surface area contributed by atoms with Gasteiger partial charge in [0.25, 0.3) is 0 Å². The molecule has 3 rings (SSSR count). The van der Waals surface area contributed by atoms with Crippen molar-refractivity contribution in [2.75, 3.05) is 6.54 Å². The zero-order valence-electron chi connectivity index (χ0n) is 12.2. The summed E-state index contributed by atoms with van der Waals surface area (Å²) >= 11 is 0. The Hall–Kier alpha value is -0.570. The van der Waals surface area contributed by atoms with Crippen molar-refractivity contribution in [2.24, 2.45) is 28.9 Å². The number of hydrogen-bond donors (Lipinski definition) is 2. The summed E-state index contributed by atoms with van der Waals surface area (Å²) in [6, 6.07) is 0.340. The molecule has 3 saturated carbocycles. The van der Waals surface area contributed by atoms with Gasteiger partial charge in [-0.2, -0.15) is 0 Å². The Labute approximate surface area is 116 Å².